The first-order valence-electron chi connectivity index (χ1n) is 11.8. The van der Waals surface area contributed by atoms with Crippen LogP contribution in [0.15, 0.2) is 69.8 Å². The normalized spacial score (nSPS) is 12.9. The van der Waals surface area contributed by atoms with E-state index < -0.39 is 0 Å². The van der Waals surface area contributed by atoms with Crippen molar-refractivity contribution in [3.63, 3.8) is 0 Å². The van der Waals surface area contributed by atoms with Crippen LogP contribution in [0.1, 0.15) is 101 Å². The van der Waals surface area contributed by atoms with Gasteiger partial charge in [0.1, 0.15) is 0 Å². The van der Waals surface area contributed by atoms with E-state index in [-0.39, 0.29) is 10.8 Å². The van der Waals surface area contributed by atoms with Crippen LogP contribution < -0.4 is 0 Å². The summed E-state index contributed by atoms with van der Waals surface area (Å²) in [5, 5.41) is 0. The van der Waals surface area contributed by atoms with Crippen LogP contribution >= 0.6 is 0 Å². The minimum absolute atomic E-state index is 0.208. The van der Waals surface area contributed by atoms with Crippen molar-refractivity contribution in [2.75, 3.05) is 0 Å². The van der Waals surface area contributed by atoms with Crippen LogP contribution in [-0.4, -0.2) is 0 Å². The van der Waals surface area contributed by atoms with E-state index in [9.17, 15) is 0 Å². The number of hydrogen-bond donors (Lipinski definition) is 0. The van der Waals surface area contributed by atoms with E-state index in [1.54, 1.807) is 0 Å². The Balaban J connectivity index is 2.18. The fourth-order valence-corrected chi connectivity index (χ4v) is 5.37. The highest BCUT2D eigenvalue weighted by atomic mass is 17.0. The van der Waals surface area contributed by atoms with Gasteiger partial charge in [-0.2, -0.15) is 0 Å². The fourth-order valence-electron chi connectivity index (χ4n) is 5.37. The van der Waals surface area contributed by atoms with Crippen molar-refractivity contribution in [1.82, 2.24) is 0 Å². The largest absolute Gasteiger partial charge is 0.285 e. The highest BCUT2D eigenvalue weighted by Crippen LogP contribution is 2.51. The third-order valence-corrected chi connectivity index (χ3v) is 7.09. The maximum Gasteiger partial charge on any atom is 0.230 e. The molecule has 0 spiro atoms. The average molecular weight is 429 g/mol. The molecule has 0 aliphatic heterocycles. The Labute approximate surface area is 192 Å². The molecule has 0 N–H and O–H groups in total. The van der Waals surface area contributed by atoms with E-state index >= 15 is 0 Å². The van der Waals surface area contributed by atoms with Crippen molar-refractivity contribution in [2.24, 2.45) is 0 Å². The van der Waals surface area contributed by atoms with E-state index in [1.165, 1.54) is 33.4 Å². The molecule has 0 radical (unpaired) electrons. The van der Waals surface area contributed by atoms with Crippen LogP contribution in [-0.2, 0) is 10.8 Å². The molecule has 1 heterocycles. The van der Waals surface area contributed by atoms with E-state index in [4.69, 9.17) is 9.15 Å². The van der Waals surface area contributed by atoms with Crippen LogP contribution in [0.25, 0.3) is 11.2 Å². The summed E-state index contributed by atoms with van der Waals surface area (Å²) in [5.74, 6) is 0.689. The second-order valence-corrected chi connectivity index (χ2v) is 10.7. The summed E-state index contributed by atoms with van der Waals surface area (Å²) in [6.45, 7) is 18.4. The standard InChI is InChI=1S/C30H36O2/c1-19(2)23-24(20(3)4)27-28(32-31-27)26(30(7,8)22-17-13-10-14-18-22)25(23)29(5,6)21-15-11-9-12-16-21/h9-20H,1-8H3. The van der Waals surface area contributed by atoms with Gasteiger partial charge in [0.2, 0.25) is 11.2 Å². The Kier molecular flexibility index (Phi) is 5.61. The average Bonchev–Trinajstić information content (AvgIpc) is 2.74. The molecule has 0 fully saturated rings. The Hall–Kier alpha value is -2.74. The highest BCUT2D eigenvalue weighted by molar-refractivity contribution is 5.86. The Morgan fingerprint density at radius 1 is 0.531 bits per heavy atom. The number of fused-ring (bicyclic) bond motifs is 1. The first-order chi connectivity index (χ1) is 15.1. The summed E-state index contributed by atoms with van der Waals surface area (Å²) in [6.07, 6.45) is 0. The van der Waals surface area contributed by atoms with Gasteiger partial charge in [-0.15, -0.1) is 0 Å². The second kappa shape index (κ2) is 7.99. The summed E-state index contributed by atoms with van der Waals surface area (Å²) in [7, 11) is 0. The summed E-state index contributed by atoms with van der Waals surface area (Å²) in [4.78, 5) is 0. The quantitative estimate of drug-likeness (QED) is 0.286. The minimum Gasteiger partial charge on any atom is -0.285 e. The number of benzene rings is 3. The summed E-state index contributed by atoms with van der Waals surface area (Å²) < 4.78 is 11.5. The highest BCUT2D eigenvalue weighted by Gasteiger charge is 2.41. The molecule has 0 saturated heterocycles. The van der Waals surface area contributed by atoms with E-state index in [2.05, 4.69) is 116 Å². The fraction of sp³-hybridized carbons (Fsp3) is 0.400. The van der Waals surface area contributed by atoms with Crippen LogP contribution in [0.5, 0.6) is 0 Å². The monoisotopic (exact) mass is 428 g/mol. The van der Waals surface area contributed by atoms with Gasteiger partial charge in [-0.1, -0.05) is 116 Å². The molecule has 0 unspecified atom stereocenters. The molecular formula is C30H36O2. The number of hydrogen-bond acceptors (Lipinski definition) is 2. The van der Waals surface area contributed by atoms with Gasteiger partial charge in [-0.25, -0.2) is 0 Å². The van der Waals surface area contributed by atoms with E-state index in [1.807, 2.05) is 0 Å². The molecule has 4 rings (SSSR count). The van der Waals surface area contributed by atoms with Crippen LogP contribution in [0.2, 0.25) is 0 Å². The maximum absolute atomic E-state index is 5.81. The third kappa shape index (κ3) is 3.41. The first-order valence-corrected chi connectivity index (χ1v) is 11.8. The van der Waals surface area contributed by atoms with Gasteiger partial charge in [0.05, 0.1) is 0 Å². The molecule has 1 aromatic heterocycles. The van der Waals surface area contributed by atoms with Crippen molar-refractivity contribution in [3.05, 3.63) is 94.0 Å². The lowest BCUT2D eigenvalue weighted by Gasteiger charge is -2.39. The SMILES string of the molecule is CC(C)c1c(C(C)(C)c2ccccc2)c(C(C)(C)c2ccccc2)c2ooc2c1C(C)C. The molecule has 0 aliphatic rings. The smallest absolute Gasteiger partial charge is 0.230 e. The molecule has 2 nitrogen and oxygen atoms in total. The van der Waals surface area contributed by atoms with Gasteiger partial charge >= 0.3 is 0 Å². The lowest BCUT2D eigenvalue weighted by Crippen LogP contribution is -2.31. The minimum atomic E-state index is -0.254. The molecule has 0 atom stereocenters. The zero-order chi connectivity index (χ0) is 23.3. The molecule has 0 bridgehead atoms. The molecular weight excluding hydrogens is 392 g/mol. The topological polar surface area (TPSA) is 26.3 Å². The molecule has 2 heteroatoms. The lowest BCUT2D eigenvalue weighted by molar-refractivity contribution is 0.0559. The van der Waals surface area contributed by atoms with Crippen molar-refractivity contribution in [1.29, 1.82) is 0 Å². The molecule has 0 saturated carbocycles. The molecule has 32 heavy (non-hydrogen) atoms. The molecule has 4 aromatic rings. The second-order valence-electron chi connectivity index (χ2n) is 10.7. The lowest BCUT2D eigenvalue weighted by atomic mass is 9.64. The van der Waals surface area contributed by atoms with Crippen molar-refractivity contribution < 1.29 is 9.15 Å². The summed E-state index contributed by atoms with van der Waals surface area (Å²) >= 11 is 0. The Bertz CT molecular complexity index is 1200. The van der Waals surface area contributed by atoms with Gasteiger partial charge < -0.3 is 0 Å². The van der Waals surface area contributed by atoms with Crippen molar-refractivity contribution in [2.45, 2.75) is 78.1 Å². The third-order valence-electron chi connectivity index (χ3n) is 7.09. The van der Waals surface area contributed by atoms with Crippen molar-refractivity contribution >= 4 is 11.2 Å². The van der Waals surface area contributed by atoms with Crippen LogP contribution in [0.4, 0.5) is 0 Å². The Morgan fingerprint density at radius 2 is 0.938 bits per heavy atom. The Morgan fingerprint density at radius 3 is 1.31 bits per heavy atom. The maximum atomic E-state index is 5.81. The van der Waals surface area contributed by atoms with Gasteiger partial charge in [-0.05, 0) is 34.1 Å². The summed E-state index contributed by atoms with van der Waals surface area (Å²) in [6, 6.07) is 21.6. The van der Waals surface area contributed by atoms with Gasteiger partial charge in [0, 0.05) is 22.0 Å². The van der Waals surface area contributed by atoms with Crippen molar-refractivity contribution in [3.8, 4) is 0 Å². The van der Waals surface area contributed by atoms with Gasteiger partial charge in [0.25, 0.3) is 0 Å². The predicted molar refractivity (Wildman–Crippen MR) is 134 cm³/mol. The molecule has 0 aliphatic carbocycles. The van der Waals surface area contributed by atoms with E-state index in [0.29, 0.717) is 11.8 Å². The van der Waals surface area contributed by atoms with Crippen LogP contribution in [0, 0.1) is 0 Å². The first kappa shape index (κ1) is 22.5. The van der Waals surface area contributed by atoms with Crippen LogP contribution in [0.3, 0.4) is 0 Å². The van der Waals surface area contributed by atoms with Gasteiger partial charge in [0.15, 0.2) is 0 Å². The van der Waals surface area contributed by atoms with E-state index in [0.717, 1.165) is 11.2 Å². The predicted octanol–water partition coefficient (Wildman–Crippen LogP) is 8.92. The molecule has 0 amide bonds. The zero-order valence-corrected chi connectivity index (χ0v) is 20.7. The zero-order valence-electron chi connectivity index (χ0n) is 20.7. The van der Waals surface area contributed by atoms with Gasteiger partial charge in [-0.3, -0.25) is 9.15 Å². The summed E-state index contributed by atoms with van der Waals surface area (Å²) in [5.41, 5.74) is 9.25. The number of rotatable bonds is 6. The molecule has 168 valence electrons. The molecule has 3 aromatic carbocycles.